The van der Waals surface area contributed by atoms with Crippen molar-refractivity contribution in [3.05, 3.63) is 23.8 Å². The Morgan fingerprint density at radius 3 is 2.86 bits per heavy atom. The molecule has 0 unspecified atom stereocenters. The van der Waals surface area contributed by atoms with Crippen LogP contribution in [0.1, 0.15) is 52.0 Å². The Labute approximate surface area is 129 Å². The van der Waals surface area contributed by atoms with Crippen LogP contribution in [0.5, 0.6) is 5.75 Å². The lowest BCUT2D eigenvalue weighted by Crippen LogP contribution is -2.40. The molecule has 21 heavy (non-hydrogen) atoms. The smallest absolute Gasteiger partial charge is 0.143 e. The van der Waals surface area contributed by atoms with Gasteiger partial charge in [0.25, 0.3) is 0 Å². The average molecular weight is 290 g/mol. The highest BCUT2D eigenvalue weighted by molar-refractivity contribution is 5.60. The second-order valence-electron chi connectivity index (χ2n) is 6.61. The Hall–Kier alpha value is -1.22. The van der Waals surface area contributed by atoms with Crippen LogP contribution in [0.25, 0.3) is 0 Å². The quantitative estimate of drug-likeness (QED) is 0.710. The van der Waals surface area contributed by atoms with E-state index < -0.39 is 0 Å². The molecule has 1 heterocycles. The Morgan fingerprint density at radius 2 is 2.05 bits per heavy atom. The lowest BCUT2D eigenvalue weighted by Gasteiger charge is -2.33. The molecule has 0 saturated heterocycles. The van der Waals surface area contributed by atoms with E-state index in [1.54, 1.807) is 0 Å². The summed E-state index contributed by atoms with van der Waals surface area (Å²) in [4.78, 5) is 0. The van der Waals surface area contributed by atoms with E-state index in [2.05, 4.69) is 49.6 Å². The molecule has 3 heteroatoms. The highest BCUT2D eigenvalue weighted by Crippen LogP contribution is 2.33. The largest absolute Gasteiger partial charge is 0.484 e. The van der Waals surface area contributed by atoms with Crippen LogP contribution in [-0.2, 0) is 6.42 Å². The zero-order chi connectivity index (χ0) is 15.1. The lowest BCUT2D eigenvalue weighted by molar-refractivity contribution is 0.116. The predicted molar refractivity (Wildman–Crippen MR) is 90.4 cm³/mol. The fourth-order valence-electron chi connectivity index (χ4n) is 2.64. The summed E-state index contributed by atoms with van der Waals surface area (Å²) in [5.41, 5.74) is 2.38. The number of hydrogen-bond donors (Lipinski definition) is 2. The van der Waals surface area contributed by atoms with Gasteiger partial charge in [0.15, 0.2) is 0 Å². The Balaban J connectivity index is 1.73. The van der Waals surface area contributed by atoms with Crippen LogP contribution >= 0.6 is 0 Å². The Kier molecular flexibility index (Phi) is 5.92. The molecule has 0 aromatic heterocycles. The van der Waals surface area contributed by atoms with Gasteiger partial charge in [-0.05, 0) is 57.5 Å². The number of benzene rings is 1. The number of unbranched alkanes of at least 4 members (excludes halogenated alkanes) is 3. The summed E-state index contributed by atoms with van der Waals surface area (Å²) < 4.78 is 5.98. The first-order chi connectivity index (χ1) is 10.1. The van der Waals surface area contributed by atoms with E-state index in [0.717, 1.165) is 37.5 Å². The van der Waals surface area contributed by atoms with E-state index in [-0.39, 0.29) is 5.60 Å². The molecule has 1 aliphatic rings. The number of anilines is 1. The van der Waals surface area contributed by atoms with Gasteiger partial charge in [-0.2, -0.15) is 0 Å². The van der Waals surface area contributed by atoms with E-state index in [1.165, 1.54) is 31.2 Å². The van der Waals surface area contributed by atoms with E-state index in [4.69, 9.17) is 4.74 Å². The molecule has 0 spiro atoms. The van der Waals surface area contributed by atoms with E-state index in [9.17, 15) is 0 Å². The van der Waals surface area contributed by atoms with Gasteiger partial charge in [-0.25, -0.2) is 0 Å². The summed E-state index contributed by atoms with van der Waals surface area (Å²) in [6, 6.07) is 6.50. The SMILES string of the molecule is CCCCCCNCCc1ccc2c(c1)NCC(C)(C)O2. The van der Waals surface area contributed by atoms with Gasteiger partial charge in [-0.1, -0.05) is 32.3 Å². The number of fused-ring (bicyclic) bond motifs is 1. The van der Waals surface area contributed by atoms with Crippen LogP contribution in [0, 0.1) is 0 Å². The zero-order valence-corrected chi connectivity index (χ0v) is 13.8. The molecule has 3 nitrogen and oxygen atoms in total. The van der Waals surface area contributed by atoms with E-state index in [1.807, 2.05) is 0 Å². The first-order valence-corrected chi connectivity index (χ1v) is 8.37. The molecule has 0 amide bonds. The van der Waals surface area contributed by atoms with Gasteiger partial charge in [0.2, 0.25) is 0 Å². The number of nitrogens with one attached hydrogen (secondary N) is 2. The minimum atomic E-state index is -0.117. The number of ether oxygens (including phenoxy) is 1. The summed E-state index contributed by atoms with van der Waals surface area (Å²) >= 11 is 0. The first-order valence-electron chi connectivity index (χ1n) is 8.37. The van der Waals surface area contributed by atoms with Crippen molar-refractivity contribution < 1.29 is 4.74 Å². The molecule has 1 aromatic carbocycles. The van der Waals surface area contributed by atoms with Crippen LogP contribution in [0.2, 0.25) is 0 Å². The van der Waals surface area contributed by atoms with Crippen molar-refractivity contribution in [2.75, 3.05) is 25.0 Å². The van der Waals surface area contributed by atoms with Crippen LogP contribution in [0.3, 0.4) is 0 Å². The predicted octanol–water partition coefficient (Wildman–Crippen LogP) is 3.98. The lowest BCUT2D eigenvalue weighted by atomic mass is 10.0. The van der Waals surface area contributed by atoms with E-state index >= 15 is 0 Å². The summed E-state index contributed by atoms with van der Waals surface area (Å²) in [6.07, 6.45) is 6.38. The highest BCUT2D eigenvalue weighted by atomic mass is 16.5. The molecule has 0 bridgehead atoms. The number of hydrogen-bond acceptors (Lipinski definition) is 3. The van der Waals surface area contributed by atoms with Gasteiger partial charge in [0, 0.05) is 0 Å². The molecule has 2 N–H and O–H groups in total. The summed E-state index contributed by atoms with van der Waals surface area (Å²) in [6.45, 7) is 9.53. The van der Waals surface area contributed by atoms with Gasteiger partial charge in [-0.3, -0.25) is 0 Å². The van der Waals surface area contributed by atoms with Gasteiger partial charge in [0.1, 0.15) is 11.4 Å². The fraction of sp³-hybridized carbons (Fsp3) is 0.667. The summed E-state index contributed by atoms with van der Waals surface area (Å²) in [5.74, 6) is 0.975. The van der Waals surface area contributed by atoms with Crippen molar-refractivity contribution in [1.29, 1.82) is 0 Å². The zero-order valence-electron chi connectivity index (χ0n) is 13.8. The Bertz CT molecular complexity index is 443. The normalized spacial score (nSPS) is 16.0. The van der Waals surface area contributed by atoms with Gasteiger partial charge >= 0.3 is 0 Å². The van der Waals surface area contributed by atoms with Crippen molar-refractivity contribution in [1.82, 2.24) is 5.32 Å². The second kappa shape index (κ2) is 7.69. The second-order valence-corrected chi connectivity index (χ2v) is 6.61. The third-order valence-electron chi connectivity index (χ3n) is 3.93. The van der Waals surface area contributed by atoms with Crippen LogP contribution < -0.4 is 15.4 Å². The van der Waals surface area contributed by atoms with Crippen molar-refractivity contribution >= 4 is 5.69 Å². The molecule has 0 saturated carbocycles. The average Bonchev–Trinajstić information content (AvgIpc) is 2.46. The monoisotopic (exact) mass is 290 g/mol. The van der Waals surface area contributed by atoms with Crippen LogP contribution in [-0.4, -0.2) is 25.2 Å². The number of rotatable bonds is 8. The first kappa shape index (κ1) is 16.2. The summed E-state index contributed by atoms with van der Waals surface area (Å²) in [5, 5.41) is 7.01. The molecular formula is C18H30N2O. The van der Waals surface area contributed by atoms with Gasteiger partial charge < -0.3 is 15.4 Å². The van der Waals surface area contributed by atoms with Crippen LogP contribution in [0.15, 0.2) is 18.2 Å². The third kappa shape index (κ3) is 5.24. The maximum Gasteiger partial charge on any atom is 0.143 e. The molecule has 2 rings (SSSR count). The highest BCUT2D eigenvalue weighted by Gasteiger charge is 2.25. The Morgan fingerprint density at radius 1 is 1.19 bits per heavy atom. The fourth-order valence-corrected chi connectivity index (χ4v) is 2.64. The topological polar surface area (TPSA) is 33.3 Å². The summed E-state index contributed by atoms with van der Waals surface area (Å²) in [7, 11) is 0. The molecule has 0 radical (unpaired) electrons. The molecule has 1 aliphatic heterocycles. The third-order valence-corrected chi connectivity index (χ3v) is 3.93. The molecule has 0 fully saturated rings. The van der Waals surface area contributed by atoms with Crippen LogP contribution in [0.4, 0.5) is 5.69 Å². The maximum atomic E-state index is 5.98. The molecule has 0 aliphatic carbocycles. The molecule has 0 atom stereocenters. The van der Waals surface area contributed by atoms with Gasteiger partial charge in [-0.15, -0.1) is 0 Å². The standard InChI is InChI=1S/C18H30N2O/c1-4-5-6-7-11-19-12-10-15-8-9-17-16(13-15)20-14-18(2,3)21-17/h8-9,13,19-20H,4-7,10-12,14H2,1-3H3. The molecular weight excluding hydrogens is 260 g/mol. The van der Waals surface area contributed by atoms with Gasteiger partial charge in [0.05, 0.1) is 12.2 Å². The van der Waals surface area contributed by atoms with Crippen molar-refractivity contribution in [3.8, 4) is 5.75 Å². The molecule has 1 aromatic rings. The molecule has 118 valence electrons. The minimum Gasteiger partial charge on any atom is -0.484 e. The minimum absolute atomic E-state index is 0.117. The van der Waals surface area contributed by atoms with E-state index in [0.29, 0.717) is 0 Å². The van der Waals surface area contributed by atoms with Crippen molar-refractivity contribution in [3.63, 3.8) is 0 Å². The van der Waals surface area contributed by atoms with Crippen molar-refractivity contribution in [2.24, 2.45) is 0 Å². The maximum absolute atomic E-state index is 5.98. The van der Waals surface area contributed by atoms with Crippen molar-refractivity contribution in [2.45, 2.75) is 58.5 Å².